The maximum atomic E-state index is 9.46. The summed E-state index contributed by atoms with van der Waals surface area (Å²) in [6.45, 7) is 7.04. The summed E-state index contributed by atoms with van der Waals surface area (Å²) >= 11 is 0. The molecule has 0 saturated heterocycles. The number of quaternary nitrogens is 1. The Hall–Kier alpha value is 0.130. The third-order valence-electron chi connectivity index (χ3n) is 2.63. The van der Waals surface area contributed by atoms with Gasteiger partial charge in [-0.25, -0.2) is 0 Å². The summed E-state index contributed by atoms with van der Waals surface area (Å²) in [5.41, 5.74) is 0. The van der Waals surface area contributed by atoms with Crippen LogP contribution in [0.25, 0.3) is 0 Å². The van der Waals surface area contributed by atoms with Crippen LogP contribution in [0.3, 0.4) is 0 Å². The molecule has 0 aromatic heterocycles. The van der Waals surface area contributed by atoms with E-state index in [-0.39, 0.29) is 16.9 Å². The van der Waals surface area contributed by atoms with E-state index in [4.69, 9.17) is 0 Å². The average Bonchev–Trinajstić information content (AvgIpc) is 1.86. The molecular weight excluding hydrogens is 194 g/mol. The van der Waals surface area contributed by atoms with Crippen molar-refractivity contribution in [2.24, 2.45) is 0 Å². The molecule has 13 heavy (non-hydrogen) atoms. The fourth-order valence-electron chi connectivity index (χ4n) is 1.73. The van der Waals surface area contributed by atoms with Gasteiger partial charge in [0.1, 0.15) is 0 Å². The second-order valence-electron chi connectivity index (χ2n) is 3.21. The molecule has 0 spiro atoms. The van der Waals surface area contributed by atoms with Gasteiger partial charge in [0.2, 0.25) is 0 Å². The molecule has 3 atom stereocenters. The van der Waals surface area contributed by atoms with Crippen molar-refractivity contribution in [3.63, 3.8) is 0 Å². The molecule has 0 saturated carbocycles. The van der Waals surface area contributed by atoms with E-state index < -0.39 is 18.7 Å². The first-order valence-electron chi connectivity index (χ1n) is 4.30. The van der Waals surface area contributed by atoms with Gasteiger partial charge in [-0.05, 0) is 6.92 Å². The van der Waals surface area contributed by atoms with Crippen LogP contribution in [0.5, 0.6) is 0 Å². The van der Waals surface area contributed by atoms with Crippen molar-refractivity contribution in [3.8, 4) is 0 Å². The minimum Gasteiger partial charge on any atom is -1.00 e. The van der Waals surface area contributed by atoms with Gasteiger partial charge in [-0.15, -0.1) is 0 Å². The van der Waals surface area contributed by atoms with Crippen molar-refractivity contribution in [2.45, 2.75) is 46.4 Å². The van der Waals surface area contributed by atoms with E-state index in [1.54, 1.807) is 20.8 Å². The number of nitrogens with zero attached hydrogens (tertiary/aromatic N) is 1. The molecule has 82 valence electrons. The smallest absolute Gasteiger partial charge is 0.191 e. The first-order chi connectivity index (χ1) is 5.39. The Morgan fingerprint density at radius 2 is 1.15 bits per heavy atom. The van der Waals surface area contributed by atoms with Crippen LogP contribution in [0, 0.1) is 0 Å². The van der Waals surface area contributed by atoms with E-state index in [1.807, 2.05) is 6.92 Å². The van der Waals surface area contributed by atoms with Gasteiger partial charge in [-0.1, -0.05) is 0 Å². The van der Waals surface area contributed by atoms with Crippen LogP contribution in [0.15, 0.2) is 0 Å². The number of halogens is 1. The summed E-state index contributed by atoms with van der Waals surface area (Å²) in [7, 11) is 0. The summed E-state index contributed by atoms with van der Waals surface area (Å²) in [6.07, 6.45) is -2.31. The fourth-order valence-corrected chi connectivity index (χ4v) is 1.73. The Balaban J connectivity index is 0. The molecule has 0 bridgehead atoms. The maximum Gasteiger partial charge on any atom is 0.191 e. The van der Waals surface area contributed by atoms with Crippen molar-refractivity contribution in [3.05, 3.63) is 0 Å². The Labute approximate surface area is 85.8 Å². The Morgan fingerprint density at radius 1 is 0.923 bits per heavy atom. The highest BCUT2D eigenvalue weighted by Gasteiger charge is 2.40. The summed E-state index contributed by atoms with van der Waals surface area (Å²) < 4.78 is -0.0972. The SMILES string of the molecule is CC[N+](C(C)O)(C(C)O)C(C)O.[Cl-]. The van der Waals surface area contributed by atoms with Gasteiger partial charge in [0.05, 0.1) is 6.54 Å². The number of rotatable bonds is 4. The van der Waals surface area contributed by atoms with E-state index in [9.17, 15) is 15.3 Å². The lowest BCUT2D eigenvalue weighted by atomic mass is 10.2. The van der Waals surface area contributed by atoms with Crippen molar-refractivity contribution in [2.75, 3.05) is 6.54 Å². The quantitative estimate of drug-likeness (QED) is 0.342. The largest absolute Gasteiger partial charge is 1.00 e. The first kappa shape index (κ1) is 15.6. The average molecular weight is 214 g/mol. The van der Waals surface area contributed by atoms with Crippen LogP contribution in [-0.4, -0.2) is 45.0 Å². The fraction of sp³-hybridized carbons (Fsp3) is 1.00. The van der Waals surface area contributed by atoms with Gasteiger partial charge < -0.3 is 27.7 Å². The second-order valence-corrected chi connectivity index (χ2v) is 3.21. The molecule has 0 amide bonds. The van der Waals surface area contributed by atoms with Gasteiger partial charge in [0.15, 0.2) is 18.7 Å². The van der Waals surface area contributed by atoms with E-state index in [0.29, 0.717) is 6.54 Å². The number of hydrogen-bond donors (Lipinski definition) is 3. The molecule has 0 aliphatic carbocycles. The topological polar surface area (TPSA) is 60.7 Å². The number of hydrogen-bond acceptors (Lipinski definition) is 3. The van der Waals surface area contributed by atoms with Crippen molar-refractivity contribution in [1.29, 1.82) is 0 Å². The number of aliphatic hydroxyl groups is 3. The Morgan fingerprint density at radius 3 is 1.15 bits per heavy atom. The summed E-state index contributed by atoms with van der Waals surface area (Å²) in [5, 5.41) is 28.4. The van der Waals surface area contributed by atoms with Crippen molar-refractivity contribution < 1.29 is 32.2 Å². The van der Waals surface area contributed by atoms with Gasteiger partial charge in [-0.3, -0.25) is 4.48 Å². The lowest BCUT2D eigenvalue weighted by Crippen LogP contribution is -3.00. The van der Waals surface area contributed by atoms with Gasteiger partial charge >= 0.3 is 0 Å². The van der Waals surface area contributed by atoms with E-state index in [0.717, 1.165) is 0 Å². The molecule has 0 aliphatic heterocycles. The zero-order valence-electron chi connectivity index (χ0n) is 8.61. The minimum absolute atomic E-state index is 0. The van der Waals surface area contributed by atoms with Crippen LogP contribution in [0.4, 0.5) is 0 Å². The standard InChI is InChI=1S/C8H20NO3.ClH/c1-5-9(6(2)10,7(3)11)8(4)12;/h6-8,10-12H,5H2,1-4H3;1H/q+1;/p-1. The molecule has 0 radical (unpaired) electrons. The van der Waals surface area contributed by atoms with E-state index in [2.05, 4.69) is 0 Å². The first-order valence-corrected chi connectivity index (χ1v) is 4.30. The summed E-state index contributed by atoms with van der Waals surface area (Å²) in [5.74, 6) is 0. The molecule has 5 heteroatoms. The second kappa shape index (κ2) is 5.78. The zero-order valence-corrected chi connectivity index (χ0v) is 9.36. The summed E-state index contributed by atoms with van der Waals surface area (Å²) in [4.78, 5) is 0. The lowest BCUT2D eigenvalue weighted by Gasteiger charge is -2.44. The predicted octanol–water partition coefficient (Wildman–Crippen LogP) is -3.16. The molecule has 3 N–H and O–H groups in total. The van der Waals surface area contributed by atoms with Crippen molar-refractivity contribution >= 4 is 0 Å². The van der Waals surface area contributed by atoms with Crippen LogP contribution in [-0.2, 0) is 0 Å². The highest BCUT2D eigenvalue weighted by molar-refractivity contribution is 4.44. The van der Waals surface area contributed by atoms with Crippen LogP contribution >= 0.6 is 0 Å². The predicted molar refractivity (Wildman–Crippen MR) is 45.8 cm³/mol. The Kier molecular flexibility index (Phi) is 6.93. The zero-order chi connectivity index (χ0) is 9.94. The summed E-state index contributed by atoms with van der Waals surface area (Å²) in [6, 6.07) is 0. The Bertz CT molecular complexity index is 118. The highest BCUT2D eigenvalue weighted by Crippen LogP contribution is 2.19. The molecule has 4 nitrogen and oxygen atoms in total. The minimum atomic E-state index is -0.769. The molecule has 0 heterocycles. The normalized spacial score (nSPS) is 22.4. The van der Waals surface area contributed by atoms with E-state index >= 15 is 0 Å². The van der Waals surface area contributed by atoms with Gasteiger partial charge in [0, 0.05) is 20.8 Å². The number of aliphatic hydroxyl groups excluding tert-OH is 3. The van der Waals surface area contributed by atoms with Gasteiger partial charge in [-0.2, -0.15) is 0 Å². The molecule has 0 aromatic carbocycles. The van der Waals surface area contributed by atoms with Crippen molar-refractivity contribution in [1.82, 2.24) is 0 Å². The van der Waals surface area contributed by atoms with Gasteiger partial charge in [0.25, 0.3) is 0 Å². The molecule has 0 fully saturated rings. The molecule has 0 rings (SSSR count). The van der Waals surface area contributed by atoms with E-state index in [1.165, 1.54) is 0 Å². The molecule has 3 unspecified atom stereocenters. The highest BCUT2D eigenvalue weighted by atomic mass is 35.5. The van der Waals surface area contributed by atoms with Crippen LogP contribution in [0.1, 0.15) is 27.7 Å². The molecule has 0 aromatic rings. The van der Waals surface area contributed by atoms with Crippen LogP contribution in [0.2, 0.25) is 0 Å². The third-order valence-corrected chi connectivity index (χ3v) is 2.63. The lowest BCUT2D eigenvalue weighted by molar-refractivity contribution is -1.04. The third kappa shape index (κ3) is 2.79. The molecule has 0 aliphatic rings. The monoisotopic (exact) mass is 213 g/mol. The maximum absolute atomic E-state index is 9.46. The molecular formula is C8H20ClNO3. The van der Waals surface area contributed by atoms with Crippen LogP contribution < -0.4 is 12.4 Å².